The van der Waals surface area contributed by atoms with Gasteiger partial charge in [-0.15, -0.1) is 0 Å². The van der Waals surface area contributed by atoms with E-state index in [4.69, 9.17) is 0 Å². The lowest BCUT2D eigenvalue weighted by molar-refractivity contribution is -0.132. The number of hydrogen-bond donors (Lipinski definition) is 1. The van der Waals surface area contributed by atoms with Gasteiger partial charge in [-0.25, -0.2) is 0 Å². The minimum Gasteiger partial charge on any atom is -0.389 e. The SMILES string of the molecule is CN(C)C/C=C/C(=O)N(C)[C@@H]1CCC[C@@H](N2CCCC2)[C@@H]1O. The lowest BCUT2D eigenvalue weighted by atomic mass is 9.86. The van der Waals surface area contributed by atoms with Gasteiger partial charge in [-0.2, -0.15) is 0 Å². The summed E-state index contributed by atoms with van der Waals surface area (Å²) in [6, 6.07) is 0.165. The lowest BCUT2D eigenvalue weighted by Crippen LogP contribution is -2.56. The Hall–Kier alpha value is -0.910. The summed E-state index contributed by atoms with van der Waals surface area (Å²) in [5, 5.41) is 10.8. The Morgan fingerprint density at radius 1 is 1.18 bits per heavy atom. The molecule has 0 bridgehead atoms. The fourth-order valence-corrected chi connectivity index (χ4v) is 3.67. The molecule has 1 N–H and O–H groups in total. The van der Waals surface area contributed by atoms with Crippen LogP contribution in [0.3, 0.4) is 0 Å². The zero-order valence-corrected chi connectivity index (χ0v) is 14.2. The van der Waals surface area contributed by atoms with Gasteiger partial charge in [0.15, 0.2) is 0 Å². The highest BCUT2D eigenvalue weighted by atomic mass is 16.3. The highest BCUT2D eigenvalue weighted by molar-refractivity contribution is 5.87. The summed E-state index contributed by atoms with van der Waals surface area (Å²) in [5.74, 6) is -0.00651. The molecular formula is C17H31N3O2. The van der Waals surface area contributed by atoms with Crippen molar-refractivity contribution in [1.29, 1.82) is 0 Å². The van der Waals surface area contributed by atoms with Crippen LogP contribution in [-0.4, -0.2) is 84.7 Å². The number of likely N-dealkylation sites (tertiary alicyclic amines) is 1. The third kappa shape index (κ3) is 4.31. The summed E-state index contributed by atoms with van der Waals surface area (Å²) >= 11 is 0. The van der Waals surface area contributed by atoms with Gasteiger partial charge in [0, 0.05) is 25.7 Å². The molecule has 0 unspecified atom stereocenters. The van der Waals surface area contributed by atoms with Gasteiger partial charge in [0.05, 0.1) is 12.1 Å². The smallest absolute Gasteiger partial charge is 0.246 e. The van der Waals surface area contributed by atoms with Crippen LogP contribution in [0.15, 0.2) is 12.2 Å². The van der Waals surface area contributed by atoms with E-state index in [1.165, 1.54) is 12.8 Å². The molecule has 0 spiro atoms. The quantitative estimate of drug-likeness (QED) is 0.768. The Morgan fingerprint density at radius 3 is 2.50 bits per heavy atom. The Labute approximate surface area is 134 Å². The maximum absolute atomic E-state index is 12.3. The van der Waals surface area contributed by atoms with Gasteiger partial charge in [-0.05, 0) is 59.3 Å². The monoisotopic (exact) mass is 309 g/mol. The molecule has 2 rings (SSSR count). The second kappa shape index (κ2) is 8.09. The number of amides is 1. The van der Waals surface area contributed by atoms with E-state index in [0.717, 1.165) is 38.9 Å². The van der Waals surface area contributed by atoms with Crippen LogP contribution in [0.1, 0.15) is 32.1 Å². The Morgan fingerprint density at radius 2 is 1.86 bits per heavy atom. The van der Waals surface area contributed by atoms with Gasteiger partial charge in [0.2, 0.25) is 5.91 Å². The van der Waals surface area contributed by atoms with Gasteiger partial charge >= 0.3 is 0 Å². The molecule has 0 aromatic heterocycles. The zero-order valence-electron chi connectivity index (χ0n) is 14.2. The molecule has 2 aliphatic rings. The van der Waals surface area contributed by atoms with Gasteiger partial charge < -0.3 is 14.9 Å². The lowest BCUT2D eigenvalue weighted by Gasteiger charge is -2.43. The van der Waals surface area contributed by atoms with E-state index in [2.05, 4.69) is 4.90 Å². The van der Waals surface area contributed by atoms with Crippen molar-refractivity contribution in [2.75, 3.05) is 40.8 Å². The molecule has 126 valence electrons. The number of aliphatic hydroxyl groups excluding tert-OH is 1. The van der Waals surface area contributed by atoms with Crippen LogP contribution in [0, 0.1) is 0 Å². The van der Waals surface area contributed by atoms with E-state index in [1.54, 1.807) is 11.0 Å². The van der Waals surface area contributed by atoms with E-state index in [0.29, 0.717) is 0 Å². The van der Waals surface area contributed by atoms with E-state index >= 15 is 0 Å². The predicted octanol–water partition coefficient (Wildman–Crippen LogP) is 0.940. The summed E-state index contributed by atoms with van der Waals surface area (Å²) in [7, 11) is 5.77. The number of hydrogen-bond acceptors (Lipinski definition) is 4. The molecule has 22 heavy (non-hydrogen) atoms. The molecule has 5 nitrogen and oxygen atoms in total. The van der Waals surface area contributed by atoms with Crippen LogP contribution >= 0.6 is 0 Å². The van der Waals surface area contributed by atoms with Crippen LogP contribution in [0.4, 0.5) is 0 Å². The third-order valence-corrected chi connectivity index (χ3v) is 4.97. The van der Waals surface area contributed by atoms with Crippen molar-refractivity contribution in [2.24, 2.45) is 0 Å². The van der Waals surface area contributed by atoms with Gasteiger partial charge in [0.1, 0.15) is 0 Å². The fourth-order valence-electron chi connectivity index (χ4n) is 3.67. The first-order valence-electron chi connectivity index (χ1n) is 8.51. The van der Waals surface area contributed by atoms with Crippen LogP contribution in [-0.2, 0) is 4.79 Å². The largest absolute Gasteiger partial charge is 0.389 e. The zero-order chi connectivity index (χ0) is 16.1. The van der Waals surface area contributed by atoms with E-state index in [9.17, 15) is 9.90 Å². The average Bonchev–Trinajstić information content (AvgIpc) is 3.00. The second-order valence-electron chi connectivity index (χ2n) is 6.91. The average molecular weight is 309 g/mol. The summed E-state index contributed by atoms with van der Waals surface area (Å²) < 4.78 is 0. The Bertz CT molecular complexity index is 391. The number of likely N-dealkylation sites (N-methyl/N-ethyl adjacent to an activating group) is 2. The maximum Gasteiger partial charge on any atom is 0.246 e. The fraction of sp³-hybridized carbons (Fsp3) is 0.824. The summed E-state index contributed by atoms with van der Waals surface area (Å²) in [6.07, 6.45) is 8.58. The number of nitrogens with zero attached hydrogens (tertiary/aromatic N) is 3. The number of aliphatic hydroxyl groups is 1. The molecular weight excluding hydrogens is 278 g/mol. The van der Waals surface area contributed by atoms with Crippen molar-refractivity contribution in [3.8, 4) is 0 Å². The highest BCUT2D eigenvalue weighted by Gasteiger charge is 2.38. The highest BCUT2D eigenvalue weighted by Crippen LogP contribution is 2.29. The molecule has 3 atom stereocenters. The van der Waals surface area contributed by atoms with E-state index < -0.39 is 6.10 Å². The van der Waals surface area contributed by atoms with Crippen molar-refractivity contribution >= 4 is 5.91 Å². The van der Waals surface area contributed by atoms with Gasteiger partial charge in [-0.1, -0.05) is 6.08 Å². The molecule has 0 radical (unpaired) electrons. The molecule has 1 aliphatic carbocycles. The van der Waals surface area contributed by atoms with Crippen molar-refractivity contribution in [3.05, 3.63) is 12.2 Å². The molecule has 1 saturated carbocycles. The van der Waals surface area contributed by atoms with Crippen LogP contribution in [0.5, 0.6) is 0 Å². The van der Waals surface area contributed by atoms with Crippen LogP contribution < -0.4 is 0 Å². The van der Waals surface area contributed by atoms with Crippen molar-refractivity contribution in [3.63, 3.8) is 0 Å². The van der Waals surface area contributed by atoms with Crippen LogP contribution in [0.2, 0.25) is 0 Å². The Balaban J connectivity index is 1.94. The summed E-state index contributed by atoms with van der Waals surface area (Å²) in [6.45, 7) is 2.94. The normalized spacial score (nSPS) is 30.3. The van der Waals surface area contributed by atoms with Gasteiger partial charge in [-0.3, -0.25) is 9.69 Å². The first-order chi connectivity index (χ1) is 10.5. The number of rotatable bonds is 5. The molecule has 1 amide bonds. The predicted molar refractivity (Wildman–Crippen MR) is 88.7 cm³/mol. The van der Waals surface area contributed by atoms with Crippen molar-refractivity contribution < 1.29 is 9.90 Å². The summed E-state index contributed by atoms with van der Waals surface area (Å²) in [5.41, 5.74) is 0. The standard InChI is InChI=1S/C17H31N3O2/c1-18(2)11-7-10-16(21)19(3)14-8-6-9-15(17(14)22)20-12-4-5-13-20/h7,10,14-15,17,22H,4-6,8-9,11-13H2,1-3H3/b10-7+/t14-,15-,17-/m1/s1. The molecule has 1 heterocycles. The molecule has 1 saturated heterocycles. The van der Waals surface area contributed by atoms with Crippen molar-refractivity contribution in [2.45, 2.75) is 50.3 Å². The number of carbonyl (C=O) groups excluding carboxylic acids is 1. The molecule has 1 aliphatic heterocycles. The molecule has 0 aromatic rings. The number of carbonyl (C=O) groups is 1. The van der Waals surface area contributed by atoms with Crippen molar-refractivity contribution in [1.82, 2.24) is 14.7 Å². The third-order valence-electron chi connectivity index (χ3n) is 4.97. The Kier molecular flexibility index (Phi) is 6.41. The van der Waals surface area contributed by atoms with Crippen LogP contribution in [0.25, 0.3) is 0 Å². The first kappa shape index (κ1) is 17.4. The summed E-state index contributed by atoms with van der Waals surface area (Å²) in [4.78, 5) is 18.5. The minimum absolute atomic E-state index is 0.00651. The topological polar surface area (TPSA) is 47.0 Å². The van der Waals surface area contributed by atoms with Gasteiger partial charge in [0.25, 0.3) is 0 Å². The second-order valence-corrected chi connectivity index (χ2v) is 6.91. The first-order valence-corrected chi connectivity index (χ1v) is 8.51. The minimum atomic E-state index is -0.428. The maximum atomic E-state index is 12.3. The van der Waals surface area contributed by atoms with E-state index in [-0.39, 0.29) is 18.0 Å². The molecule has 5 heteroatoms. The van der Waals surface area contributed by atoms with E-state index in [1.807, 2.05) is 32.1 Å². The molecule has 0 aromatic carbocycles. The molecule has 2 fully saturated rings.